The van der Waals surface area contributed by atoms with E-state index in [9.17, 15) is 23.8 Å². The Morgan fingerprint density at radius 3 is 2.79 bits per heavy atom. The van der Waals surface area contributed by atoms with E-state index in [0.29, 0.717) is 25.7 Å². The number of halogens is 2. The first-order valence-corrected chi connectivity index (χ1v) is 10.1. The van der Waals surface area contributed by atoms with Crippen molar-refractivity contribution in [1.82, 2.24) is 0 Å². The van der Waals surface area contributed by atoms with Crippen LogP contribution in [0.3, 0.4) is 0 Å². The van der Waals surface area contributed by atoms with Crippen LogP contribution in [0.15, 0.2) is 24.0 Å². The summed E-state index contributed by atoms with van der Waals surface area (Å²) in [7, 11) is 0. The number of ether oxygens (including phenoxy) is 1. The fourth-order valence-corrected chi connectivity index (χ4v) is 4.15. The van der Waals surface area contributed by atoms with Crippen LogP contribution in [-0.4, -0.2) is 35.6 Å². The second-order valence-electron chi connectivity index (χ2n) is 7.83. The maximum absolute atomic E-state index is 14.9. The quantitative estimate of drug-likeness (QED) is 0.320. The molecule has 0 aromatic heterocycles. The van der Waals surface area contributed by atoms with Gasteiger partial charge in [0.15, 0.2) is 6.17 Å². The first-order valence-electron chi connectivity index (χ1n) is 10.1. The van der Waals surface area contributed by atoms with Crippen LogP contribution in [0.5, 0.6) is 0 Å². The minimum atomic E-state index is -1.30. The number of hydrogen-bond donors (Lipinski definition) is 1. The third-order valence-electron chi connectivity index (χ3n) is 5.70. The van der Waals surface area contributed by atoms with Crippen LogP contribution in [0.4, 0.5) is 8.78 Å². The summed E-state index contributed by atoms with van der Waals surface area (Å²) < 4.78 is 34.6. The molecule has 2 fully saturated rings. The Morgan fingerprint density at radius 2 is 2.14 bits per heavy atom. The molecule has 1 N–H and O–H groups in total. The first kappa shape index (κ1) is 25.6. The summed E-state index contributed by atoms with van der Waals surface area (Å²) in [6, 6.07) is 0. The van der Waals surface area contributed by atoms with Gasteiger partial charge in [0.1, 0.15) is 24.1 Å². The second kappa shape index (κ2) is 12.3. The Hall–Kier alpha value is -0.430. The van der Waals surface area contributed by atoms with Gasteiger partial charge in [0.25, 0.3) is 0 Å². The zero-order valence-corrected chi connectivity index (χ0v) is 19.2. The largest absolute Gasteiger partial charge is 1.00 e. The van der Waals surface area contributed by atoms with Gasteiger partial charge in [0.05, 0.1) is 0 Å². The number of rotatable bonds is 10. The van der Waals surface area contributed by atoms with E-state index < -0.39 is 24.4 Å². The Balaban J connectivity index is 0.00000392. The van der Waals surface area contributed by atoms with Crippen LogP contribution >= 0.6 is 0 Å². The molecule has 7 heteroatoms. The Labute approximate surface area is 188 Å². The summed E-state index contributed by atoms with van der Waals surface area (Å²) in [5, 5.41) is 20.4. The molecule has 0 spiro atoms. The van der Waals surface area contributed by atoms with Gasteiger partial charge in [-0.15, -0.1) is 0 Å². The fourth-order valence-electron chi connectivity index (χ4n) is 4.15. The number of hydrogen-bond acceptors (Lipinski definition) is 4. The van der Waals surface area contributed by atoms with Crippen LogP contribution in [-0.2, 0) is 9.53 Å². The molecule has 0 bridgehead atoms. The van der Waals surface area contributed by atoms with Crippen LogP contribution in [0, 0.1) is 17.8 Å². The van der Waals surface area contributed by atoms with Crippen molar-refractivity contribution in [2.24, 2.45) is 17.8 Å². The molecule has 1 saturated carbocycles. The number of alkyl halides is 2. The summed E-state index contributed by atoms with van der Waals surface area (Å²) in [5.74, 6) is -1.11. The van der Waals surface area contributed by atoms with Crippen molar-refractivity contribution in [3.05, 3.63) is 24.0 Å². The molecular weight excluding hydrogens is 377 g/mol. The fraction of sp³-hybridized carbons (Fsp3) is 0.762. The van der Waals surface area contributed by atoms with Crippen LogP contribution in [0.1, 0.15) is 58.8 Å². The molecule has 1 aliphatic heterocycles. The molecule has 0 radical (unpaired) electrons. The number of carbonyl (C=O) groups excluding carboxylic acids is 1. The molecule has 1 heterocycles. The molecule has 1 aliphatic carbocycles. The van der Waals surface area contributed by atoms with E-state index in [1.54, 1.807) is 12.2 Å². The number of aliphatic hydroxyl groups is 1. The van der Waals surface area contributed by atoms with E-state index >= 15 is 0 Å². The van der Waals surface area contributed by atoms with Crippen molar-refractivity contribution < 1.29 is 58.1 Å². The van der Waals surface area contributed by atoms with E-state index in [1.165, 1.54) is 6.08 Å². The first-order chi connectivity index (χ1) is 12.8. The number of aliphatic hydroxyl groups excluding tert-OH is 1. The van der Waals surface area contributed by atoms with Gasteiger partial charge in [-0.1, -0.05) is 38.8 Å². The molecule has 2 rings (SSSR count). The van der Waals surface area contributed by atoms with Gasteiger partial charge in [-0.05, 0) is 50.0 Å². The Kier molecular flexibility index (Phi) is 11.3. The van der Waals surface area contributed by atoms with Crippen molar-refractivity contribution in [2.75, 3.05) is 0 Å². The van der Waals surface area contributed by atoms with Crippen LogP contribution < -0.4 is 34.7 Å². The van der Waals surface area contributed by atoms with Gasteiger partial charge < -0.3 is 19.7 Å². The number of carboxylic acid groups (broad SMARTS) is 1. The predicted octanol–water partition coefficient (Wildman–Crippen LogP) is 0.249. The number of allylic oxidation sites excluding steroid dienone is 3. The van der Waals surface area contributed by atoms with E-state index in [-0.39, 0.29) is 65.6 Å². The van der Waals surface area contributed by atoms with E-state index in [0.717, 1.165) is 12.8 Å². The SMILES string of the molecule is CCCCC(F)[C@H](O)/C=C/[C@@H]1[C@H]2C(F)/C(=C/CCCC(=O)[O-])O[C@@H]2C[C@H]1C.[Na+]. The zero-order chi connectivity index (χ0) is 20.0. The Morgan fingerprint density at radius 1 is 1.43 bits per heavy atom. The summed E-state index contributed by atoms with van der Waals surface area (Å²) in [5.41, 5.74) is 0. The number of carbonyl (C=O) groups is 1. The van der Waals surface area contributed by atoms with Crippen molar-refractivity contribution in [1.29, 1.82) is 0 Å². The van der Waals surface area contributed by atoms with E-state index in [2.05, 4.69) is 0 Å². The minimum Gasteiger partial charge on any atom is -0.550 e. The minimum absolute atomic E-state index is 0. The standard InChI is InChI=1S/C21H32F2O4.Na/c1-3-4-7-15(22)16(24)11-10-14-13(2)12-18-20(14)21(23)17(27-18)8-5-6-9-19(25)26;/h8,10-11,13-16,18,20-21,24H,3-7,9,12H2,1-2H3,(H,25,26);/q;+1/p-1/b11-10+,17-8-;/t13-,14+,15?,16-,18-,20-,21?;/m1./s1. The summed E-state index contributed by atoms with van der Waals surface area (Å²) >= 11 is 0. The zero-order valence-electron chi connectivity index (χ0n) is 17.2. The van der Waals surface area contributed by atoms with Crippen molar-refractivity contribution >= 4 is 5.97 Å². The van der Waals surface area contributed by atoms with Crippen LogP contribution in [0.25, 0.3) is 0 Å². The predicted molar refractivity (Wildman–Crippen MR) is 97.0 cm³/mol. The van der Waals surface area contributed by atoms with E-state index in [1.807, 2.05) is 13.8 Å². The third kappa shape index (κ3) is 6.82. The van der Waals surface area contributed by atoms with Crippen LogP contribution in [0.2, 0.25) is 0 Å². The summed E-state index contributed by atoms with van der Waals surface area (Å²) in [6.45, 7) is 3.99. The summed E-state index contributed by atoms with van der Waals surface area (Å²) in [6.07, 6.45) is 4.31. The maximum atomic E-state index is 14.9. The number of unbranched alkanes of at least 4 members (excludes halogenated alkanes) is 2. The monoisotopic (exact) mass is 408 g/mol. The smallest absolute Gasteiger partial charge is 0.550 e. The molecule has 0 amide bonds. The van der Waals surface area contributed by atoms with Gasteiger partial charge in [0.2, 0.25) is 0 Å². The maximum Gasteiger partial charge on any atom is 1.00 e. The van der Waals surface area contributed by atoms with Gasteiger partial charge in [-0.2, -0.15) is 0 Å². The molecule has 2 unspecified atom stereocenters. The molecule has 154 valence electrons. The average Bonchev–Trinajstić information content (AvgIpc) is 3.09. The summed E-state index contributed by atoms with van der Waals surface area (Å²) in [4.78, 5) is 10.4. The molecule has 0 aromatic rings. The van der Waals surface area contributed by atoms with Crippen molar-refractivity contribution in [2.45, 2.75) is 83.3 Å². The van der Waals surface area contributed by atoms with Gasteiger partial charge in [0, 0.05) is 11.9 Å². The molecule has 0 aromatic carbocycles. The molecule has 28 heavy (non-hydrogen) atoms. The third-order valence-corrected chi connectivity index (χ3v) is 5.70. The Bertz CT molecular complexity index is 555. The molecule has 2 aliphatic rings. The molecular formula is C21H31F2NaO4. The van der Waals surface area contributed by atoms with Gasteiger partial charge in [-0.25, -0.2) is 8.78 Å². The van der Waals surface area contributed by atoms with Crippen molar-refractivity contribution in [3.8, 4) is 0 Å². The van der Waals surface area contributed by atoms with E-state index in [4.69, 9.17) is 4.74 Å². The number of carboxylic acids is 1. The number of aliphatic carboxylic acids is 1. The number of fused-ring (bicyclic) bond motifs is 1. The molecule has 7 atom stereocenters. The second-order valence-corrected chi connectivity index (χ2v) is 7.83. The average molecular weight is 408 g/mol. The van der Waals surface area contributed by atoms with Gasteiger partial charge >= 0.3 is 29.6 Å². The molecule has 1 saturated heterocycles. The van der Waals surface area contributed by atoms with Gasteiger partial charge in [-0.3, -0.25) is 0 Å². The topological polar surface area (TPSA) is 69.6 Å². The van der Waals surface area contributed by atoms with Crippen molar-refractivity contribution in [3.63, 3.8) is 0 Å². The molecule has 4 nitrogen and oxygen atoms in total. The normalized spacial score (nSPS) is 32.8.